The lowest BCUT2D eigenvalue weighted by Gasteiger charge is -2.26. The summed E-state index contributed by atoms with van der Waals surface area (Å²) in [6, 6.07) is 9.61. The van der Waals surface area contributed by atoms with Gasteiger partial charge in [0, 0.05) is 43.4 Å². The highest BCUT2D eigenvalue weighted by Gasteiger charge is 2.20. The molecular formula is C21H25N5O2. The van der Waals surface area contributed by atoms with Crippen molar-refractivity contribution >= 4 is 11.7 Å². The van der Waals surface area contributed by atoms with Crippen LogP contribution in [-0.2, 0) is 18.3 Å². The quantitative estimate of drug-likeness (QED) is 0.698. The van der Waals surface area contributed by atoms with Crippen molar-refractivity contribution in [1.29, 1.82) is 0 Å². The topological polar surface area (TPSA) is 72.5 Å². The van der Waals surface area contributed by atoms with E-state index in [0.717, 1.165) is 37.2 Å². The summed E-state index contributed by atoms with van der Waals surface area (Å²) in [5.41, 5.74) is 2.14. The molecule has 146 valence electrons. The highest BCUT2D eigenvalue weighted by atomic mass is 16.2. The monoisotopic (exact) mass is 379 g/mol. The molecule has 0 N–H and O–H groups in total. The van der Waals surface area contributed by atoms with Gasteiger partial charge in [-0.3, -0.25) is 9.59 Å². The molecule has 1 aliphatic rings. The van der Waals surface area contributed by atoms with Gasteiger partial charge in [0.25, 0.3) is 5.56 Å². The standard InChI is InChI=1S/C21H25N5O2/c1-15-17(11-12-18(27)25-13-7-4-8-14-25)20(28)26-21(24(15)2)22-19(23-26)16-9-5-3-6-10-16/h3,5-6,9-10H,4,7-8,11-14H2,1-2H3. The first kappa shape index (κ1) is 18.4. The van der Waals surface area contributed by atoms with Gasteiger partial charge < -0.3 is 9.47 Å². The molecule has 3 heterocycles. The summed E-state index contributed by atoms with van der Waals surface area (Å²) in [7, 11) is 1.88. The van der Waals surface area contributed by atoms with E-state index in [9.17, 15) is 9.59 Å². The van der Waals surface area contributed by atoms with Crippen molar-refractivity contribution in [2.24, 2.45) is 7.05 Å². The summed E-state index contributed by atoms with van der Waals surface area (Å²) in [6.07, 6.45) is 4.10. The number of carbonyl (C=O) groups is 1. The number of nitrogens with zero attached hydrogens (tertiary/aromatic N) is 5. The number of hydrogen-bond acceptors (Lipinski definition) is 4. The average Bonchev–Trinajstić information content (AvgIpc) is 3.19. The van der Waals surface area contributed by atoms with Gasteiger partial charge in [0.1, 0.15) is 0 Å². The zero-order valence-electron chi connectivity index (χ0n) is 16.4. The van der Waals surface area contributed by atoms with Gasteiger partial charge in [0.05, 0.1) is 0 Å². The van der Waals surface area contributed by atoms with E-state index in [-0.39, 0.29) is 11.5 Å². The van der Waals surface area contributed by atoms with Crippen LogP contribution in [-0.4, -0.2) is 43.1 Å². The van der Waals surface area contributed by atoms with Crippen molar-refractivity contribution in [1.82, 2.24) is 24.1 Å². The van der Waals surface area contributed by atoms with Gasteiger partial charge in [-0.15, -0.1) is 5.10 Å². The van der Waals surface area contributed by atoms with Crippen LogP contribution in [0, 0.1) is 6.92 Å². The second-order valence-electron chi connectivity index (χ2n) is 7.38. The molecule has 0 spiro atoms. The van der Waals surface area contributed by atoms with E-state index in [0.29, 0.717) is 30.0 Å². The smallest absolute Gasteiger partial charge is 0.279 e. The van der Waals surface area contributed by atoms with Crippen LogP contribution in [0.5, 0.6) is 0 Å². The van der Waals surface area contributed by atoms with Gasteiger partial charge in [0.15, 0.2) is 5.82 Å². The van der Waals surface area contributed by atoms with Crippen molar-refractivity contribution < 1.29 is 4.79 Å². The first-order valence-electron chi connectivity index (χ1n) is 9.84. The Morgan fingerprint density at radius 2 is 1.82 bits per heavy atom. The number of carbonyl (C=O) groups excluding carboxylic acids is 1. The Morgan fingerprint density at radius 3 is 2.54 bits per heavy atom. The number of amides is 1. The lowest BCUT2D eigenvalue weighted by atomic mass is 10.1. The number of benzene rings is 1. The molecule has 4 rings (SSSR count). The molecule has 2 aromatic heterocycles. The summed E-state index contributed by atoms with van der Waals surface area (Å²) < 4.78 is 3.23. The van der Waals surface area contributed by atoms with Crippen molar-refractivity contribution in [3.63, 3.8) is 0 Å². The Morgan fingerprint density at radius 1 is 1.11 bits per heavy atom. The molecule has 0 atom stereocenters. The van der Waals surface area contributed by atoms with Crippen LogP contribution in [0.1, 0.15) is 36.9 Å². The minimum Gasteiger partial charge on any atom is -0.343 e. The fourth-order valence-corrected chi connectivity index (χ4v) is 3.82. The summed E-state index contributed by atoms with van der Waals surface area (Å²) in [4.78, 5) is 32.0. The van der Waals surface area contributed by atoms with Gasteiger partial charge in [-0.25, -0.2) is 0 Å². The second-order valence-corrected chi connectivity index (χ2v) is 7.38. The van der Waals surface area contributed by atoms with Crippen molar-refractivity contribution in [2.45, 2.75) is 39.0 Å². The largest absolute Gasteiger partial charge is 0.343 e. The Bertz CT molecular complexity index is 1060. The maximum atomic E-state index is 13.1. The van der Waals surface area contributed by atoms with E-state index in [2.05, 4.69) is 10.1 Å². The number of piperidine rings is 1. The Kier molecular flexibility index (Phi) is 4.98. The molecule has 3 aromatic rings. The zero-order valence-corrected chi connectivity index (χ0v) is 16.4. The molecule has 7 heteroatoms. The summed E-state index contributed by atoms with van der Waals surface area (Å²) in [6.45, 7) is 3.57. The molecule has 1 amide bonds. The summed E-state index contributed by atoms with van der Waals surface area (Å²) in [5.74, 6) is 1.16. The van der Waals surface area contributed by atoms with Crippen LogP contribution in [0.15, 0.2) is 35.1 Å². The van der Waals surface area contributed by atoms with Crippen LogP contribution in [0.3, 0.4) is 0 Å². The van der Waals surface area contributed by atoms with Gasteiger partial charge in [-0.1, -0.05) is 30.3 Å². The molecule has 1 fully saturated rings. The van der Waals surface area contributed by atoms with E-state index in [4.69, 9.17) is 0 Å². The van der Waals surface area contributed by atoms with Crippen LogP contribution in [0.4, 0.5) is 0 Å². The van der Waals surface area contributed by atoms with Gasteiger partial charge >= 0.3 is 0 Å². The number of aromatic nitrogens is 4. The van der Waals surface area contributed by atoms with Gasteiger partial charge in [-0.05, 0) is 32.6 Å². The Labute approximate surface area is 163 Å². The maximum Gasteiger partial charge on any atom is 0.279 e. The lowest BCUT2D eigenvalue weighted by molar-refractivity contribution is -0.132. The van der Waals surface area contributed by atoms with Gasteiger partial charge in [-0.2, -0.15) is 9.50 Å². The van der Waals surface area contributed by atoms with E-state index < -0.39 is 0 Å². The second kappa shape index (κ2) is 7.58. The number of fused-ring (bicyclic) bond motifs is 1. The molecule has 1 aromatic carbocycles. The van der Waals surface area contributed by atoms with E-state index in [1.165, 1.54) is 10.9 Å². The fourth-order valence-electron chi connectivity index (χ4n) is 3.82. The van der Waals surface area contributed by atoms with Crippen LogP contribution >= 0.6 is 0 Å². The number of likely N-dealkylation sites (tertiary alicyclic amines) is 1. The van der Waals surface area contributed by atoms with E-state index >= 15 is 0 Å². The SMILES string of the molecule is Cc1c(CCC(=O)N2CCCCC2)c(=O)n2nc(-c3ccccc3)nc2n1C. The minimum atomic E-state index is -0.188. The third kappa shape index (κ3) is 3.32. The molecule has 0 radical (unpaired) electrons. The minimum absolute atomic E-state index is 0.129. The van der Waals surface area contributed by atoms with Crippen LogP contribution < -0.4 is 5.56 Å². The van der Waals surface area contributed by atoms with E-state index in [1.807, 2.05) is 53.8 Å². The molecule has 1 saturated heterocycles. The lowest BCUT2D eigenvalue weighted by Crippen LogP contribution is -2.36. The highest BCUT2D eigenvalue weighted by molar-refractivity contribution is 5.76. The zero-order chi connectivity index (χ0) is 19.7. The Balaban J connectivity index is 1.65. The normalized spacial score (nSPS) is 14.6. The number of hydrogen-bond donors (Lipinski definition) is 0. The Hall–Kier alpha value is -2.96. The van der Waals surface area contributed by atoms with Crippen molar-refractivity contribution in [2.75, 3.05) is 13.1 Å². The summed E-state index contributed by atoms with van der Waals surface area (Å²) in [5, 5.41) is 4.44. The molecular weight excluding hydrogens is 354 g/mol. The van der Waals surface area contributed by atoms with Gasteiger partial charge in [0.2, 0.25) is 11.7 Å². The molecule has 0 saturated carbocycles. The van der Waals surface area contributed by atoms with E-state index in [1.54, 1.807) is 0 Å². The molecule has 7 nitrogen and oxygen atoms in total. The predicted molar refractivity (Wildman–Crippen MR) is 107 cm³/mol. The highest BCUT2D eigenvalue weighted by Crippen LogP contribution is 2.17. The first-order valence-corrected chi connectivity index (χ1v) is 9.84. The first-order chi connectivity index (χ1) is 13.6. The number of aryl methyl sites for hydroxylation is 1. The maximum absolute atomic E-state index is 13.1. The third-order valence-electron chi connectivity index (χ3n) is 5.61. The van der Waals surface area contributed by atoms with Crippen LogP contribution in [0.2, 0.25) is 0 Å². The molecule has 28 heavy (non-hydrogen) atoms. The third-order valence-corrected chi connectivity index (χ3v) is 5.61. The molecule has 0 bridgehead atoms. The molecule has 0 unspecified atom stereocenters. The van der Waals surface area contributed by atoms with Crippen molar-refractivity contribution in [3.05, 3.63) is 51.9 Å². The predicted octanol–water partition coefficient (Wildman–Crippen LogP) is 2.35. The average molecular weight is 379 g/mol. The number of rotatable bonds is 4. The van der Waals surface area contributed by atoms with Crippen molar-refractivity contribution in [3.8, 4) is 11.4 Å². The van der Waals surface area contributed by atoms with Crippen LogP contribution in [0.25, 0.3) is 17.2 Å². The summed E-state index contributed by atoms with van der Waals surface area (Å²) >= 11 is 0. The molecule has 1 aliphatic heterocycles. The fraction of sp³-hybridized carbons (Fsp3) is 0.429. The molecule has 0 aliphatic carbocycles.